The largest absolute Gasteiger partial charge is 0.316 e. The van der Waals surface area contributed by atoms with Gasteiger partial charge in [-0.2, -0.15) is 0 Å². The Bertz CT molecular complexity index is 269. The molecular weight excluding hydrogens is 182 g/mol. The zero-order chi connectivity index (χ0) is 11.1. The number of hydrogen-bond donors (Lipinski definition) is 0. The summed E-state index contributed by atoms with van der Waals surface area (Å²) in [6, 6.07) is 0. The highest BCUT2D eigenvalue weighted by molar-refractivity contribution is 5.88. The van der Waals surface area contributed by atoms with Crippen molar-refractivity contribution in [2.24, 2.45) is 0 Å². The van der Waals surface area contributed by atoms with Crippen LogP contribution in [0.25, 0.3) is 0 Å². The normalized spacial score (nSPS) is 10.9. The number of amides is 1. The van der Waals surface area contributed by atoms with Gasteiger partial charge in [-0.25, -0.2) is 0 Å². The topological polar surface area (TPSA) is 54.5 Å². The molecule has 0 atom stereocenters. The van der Waals surface area contributed by atoms with Gasteiger partial charge in [-0.3, -0.25) is 9.59 Å². The number of carbonyl (C=O) groups excluding carboxylic acids is 3. The summed E-state index contributed by atoms with van der Waals surface area (Å²) in [4.78, 5) is 33.5. The quantitative estimate of drug-likeness (QED) is 0.486. The molecule has 0 rings (SSSR count). The molecule has 0 saturated heterocycles. The maximum Gasteiger partial charge on any atom is 0.223 e. The van der Waals surface area contributed by atoms with Crippen LogP contribution in [0.3, 0.4) is 0 Å². The van der Waals surface area contributed by atoms with E-state index in [9.17, 15) is 14.4 Å². The van der Waals surface area contributed by atoms with E-state index in [1.165, 1.54) is 24.8 Å². The highest BCUT2D eigenvalue weighted by Crippen LogP contribution is 2.04. The summed E-state index contributed by atoms with van der Waals surface area (Å²) < 4.78 is 0. The maximum absolute atomic E-state index is 11.1. The van der Waals surface area contributed by atoms with Crippen molar-refractivity contribution in [3.05, 3.63) is 11.8 Å². The first kappa shape index (κ1) is 12.6. The smallest absolute Gasteiger partial charge is 0.223 e. The van der Waals surface area contributed by atoms with E-state index < -0.39 is 0 Å². The van der Waals surface area contributed by atoms with Crippen molar-refractivity contribution in [2.75, 3.05) is 6.54 Å². The highest BCUT2D eigenvalue weighted by Gasteiger charge is 2.10. The third kappa shape index (κ3) is 4.54. The Morgan fingerprint density at radius 1 is 1.21 bits per heavy atom. The molecule has 4 heteroatoms. The Balaban J connectivity index is 4.56. The SMILES string of the molecule is CC(=O)C=C(C)N(CCC=O)C(C)=O. The zero-order valence-electron chi connectivity index (χ0n) is 8.74. The molecule has 0 aromatic heterocycles. The van der Waals surface area contributed by atoms with Crippen molar-refractivity contribution in [3.63, 3.8) is 0 Å². The van der Waals surface area contributed by atoms with Gasteiger partial charge in [-0.1, -0.05) is 0 Å². The number of rotatable bonds is 5. The highest BCUT2D eigenvalue weighted by atomic mass is 16.2. The van der Waals surface area contributed by atoms with E-state index in [0.29, 0.717) is 12.2 Å². The van der Waals surface area contributed by atoms with Crippen LogP contribution >= 0.6 is 0 Å². The van der Waals surface area contributed by atoms with Gasteiger partial charge in [0.2, 0.25) is 5.91 Å². The van der Waals surface area contributed by atoms with Gasteiger partial charge in [0.1, 0.15) is 6.29 Å². The third-order valence-corrected chi connectivity index (χ3v) is 1.69. The third-order valence-electron chi connectivity index (χ3n) is 1.69. The summed E-state index contributed by atoms with van der Waals surface area (Å²) in [5.41, 5.74) is 0.576. The summed E-state index contributed by atoms with van der Waals surface area (Å²) >= 11 is 0. The number of nitrogens with zero attached hydrogens (tertiary/aromatic N) is 1. The van der Waals surface area contributed by atoms with Crippen molar-refractivity contribution in [2.45, 2.75) is 27.2 Å². The molecule has 78 valence electrons. The molecule has 14 heavy (non-hydrogen) atoms. The minimum atomic E-state index is -0.165. The molecule has 0 aromatic rings. The molecule has 0 radical (unpaired) electrons. The van der Waals surface area contributed by atoms with Gasteiger partial charge in [-0.05, 0) is 13.8 Å². The first-order chi connectivity index (χ1) is 6.49. The Labute approximate surface area is 83.6 Å². The second-order valence-corrected chi connectivity index (χ2v) is 3.02. The number of ketones is 1. The molecule has 0 unspecified atom stereocenters. The average Bonchev–Trinajstić information content (AvgIpc) is 2.02. The second-order valence-electron chi connectivity index (χ2n) is 3.02. The van der Waals surface area contributed by atoms with Crippen molar-refractivity contribution in [1.82, 2.24) is 4.90 Å². The number of carbonyl (C=O) groups is 3. The predicted octanol–water partition coefficient (Wildman–Crippen LogP) is 0.917. The molecule has 0 saturated carbocycles. The van der Waals surface area contributed by atoms with E-state index in [1.807, 2.05) is 0 Å². The molecule has 0 aromatic carbocycles. The van der Waals surface area contributed by atoms with Crippen LogP contribution in [-0.2, 0) is 14.4 Å². The fourth-order valence-electron chi connectivity index (χ4n) is 1.14. The molecule has 0 aliphatic heterocycles. The van der Waals surface area contributed by atoms with E-state index in [2.05, 4.69) is 0 Å². The van der Waals surface area contributed by atoms with Crippen LogP contribution in [0.2, 0.25) is 0 Å². The first-order valence-electron chi connectivity index (χ1n) is 4.39. The number of allylic oxidation sites excluding steroid dienone is 2. The van der Waals surface area contributed by atoms with Crippen LogP contribution in [0.1, 0.15) is 27.2 Å². The summed E-state index contributed by atoms with van der Waals surface area (Å²) in [6.07, 6.45) is 2.41. The molecule has 0 N–H and O–H groups in total. The van der Waals surface area contributed by atoms with Gasteiger partial charge in [-0.15, -0.1) is 0 Å². The standard InChI is InChI=1S/C10H15NO3/c1-8(7-9(2)13)11(10(3)14)5-4-6-12/h6-7H,4-5H2,1-3H3. The van der Waals surface area contributed by atoms with Gasteiger partial charge in [0, 0.05) is 31.7 Å². The molecule has 0 heterocycles. The van der Waals surface area contributed by atoms with Gasteiger partial charge in [0.15, 0.2) is 5.78 Å². The molecule has 0 fully saturated rings. The number of aldehydes is 1. The Morgan fingerprint density at radius 3 is 2.14 bits per heavy atom. The molecule has 0 bridgehead atoms. The molecule has 1 amide bonds. The van der Waals surface area contributed by atoms with Crippen molar-refractivity contribution >= 4 is 18.0 Å². The Kier molecular flexibility index (Phi) is 5.44. The lowest BCUT2D eigenvalue weighted by Crippen LogP contribution is -2.28. The second kappa shape index (κ2) is 6.07. The van der Waals surface area contributed by atoms with Gasteiger partial charge in [0.05, 0.1) is 0 Å². The van der Waals surface area contributed by atoms with E-state index in [1.54, 1.807) is 6.92 Å². The maximum atomic E-state index is 11.1. The summed E-state index contributed by atoms with van der Waals surface area (Å²) in [7, 11) is 0. The molecule has 4 nitrogen and oxygen atoms in total. The molecule has 0 spiro atoms. The van der Waals surface area contributed by atoms with Crippen LogP contribution in [0.15, 0.2) is 11.8 Å². The predicted molar refractivity (Wildman–Crippen MR) is 52.5 cm³/mol. The van der Waals surface area contributed by atoms with Gasteiger partial charge >= 0.3 is 0 Å². The van der Waals surface area contributed by atoms with Gasteiger partial charge < -0.3 is 9.69 Å². The van der Waals surface area contributed by atoms with E-state index in [-0.39, 0.29) is 18.1 Å². The average molecular weight is 197 g/mol. The van der Waals surface area contributed by atoms with Crippen LogP contribution in [0.4, 0.5) is 0 Å². The Hall–Kier alpha value is -1.45. The lowest BCUT2D eigenvalue weighted by Gasteiger charge is -2.20. The molecular formula is C10H15NO3. The minimum Gasteiger partial charge on any atom is -0.316 e. The molecule has 0 aliphatic rings. The Morgan fingerprint density at radius 2 is 1.79 bits per heavy atom. The monoisotopic (exact) mass is 197 g/mol. The fraction of sp³-hybridized carbons (Fsp3) is 0.500. The van der Waals surface area contributed by atoms with Crippen molar-refractivity contribution in [3.8, 4) is 0 Å². The van der Waals surface area contributed by atoms with Crippen molar-refractivity contribution < 1.29 is 14.4 Å². The minimum absolute atomic E-state index is 0.111. The summed E-state index contributed by atoms with van der Waals surface area (Å²) in [5, 5.41) is 0. The first-order valence-corrected chi connectivity index (χ1v) is 4.39. The van der Waals surface area contributed by atoms with E-state index in [0.717, 1.165) is 6.29 Å². The summed E-state index contributed by atoms with van der Waals surface area (Å²) in [6.45, 7) is 4.83. The molecule has 0 aliphatic carbocycles. The summed E-state index contributed by atoms with van der Waals surface area (Å²) in [5.74, 6) is -0.276. The lowest BCUT2D eigenvalue weighted by molar-refractivity contribution is -0.127. The lowest BCUT2D eigenvalue weighted by atomic mass is 10.3. The van der Waals surface area contributed by atoms with Gasteiger partial charge in [0.25, 0.3) is 0 Å². The van der Waals surface area contributed by atoms with Crippen molar-refractivity contribution in [1.29, 1.82) is 0 Å². The number of hydrogen-bond acceptors (Lipinski definition) is 3. The van der Waals surface area contributed by atoms with Crippen LogP contribution < -0.4 is 0 Å². The van der Waals surface area contributed by atoms with E-state index in [4.69, 9.17) is 0 Å². The fourth-order valence-corrected chi connectivity index (χ4v) is 1.14. The van der Waals surface area contributed by atoms with E-state index >= 15 is 0 Å². The van der Waals surface area contributed by atoms with Crippen LogP contribution in [0, 0.1) is 0 Å². The van der Waals surface area contributed by atoms with Crippen LogP contribution in [0.5, 0.6) is 0 Å². The van der Waals surface area contributed by atoms with Crippen LogP contribution in [-0.4, -0.2) is 29.4 Å². The zero-order valence-corrected chi connectivity index (χ0v) is 8.74.